The Bertz CT molecular complexity index is 357. The van der Waals surface area contributed by atoms with Gasteiger partial charge in [-0.05, 0) is 39.5 Å². The second-order valence-corrected chi connectivity index (χ2v) is 7.33. The van der Waals surface area contributed by atoms with Gasteiger partial charge in [-0.15, -0.1) is 0 Å². The topological polar surface area (TPSA) is 23.6 Å². The van der Waals surface area contributed by atoms with Crippen molar-refractivity contribution in [2.45, 2.75) is 50.8 Å². The summed E-state index contributed by atoms with van der Waals surface area (Å²) in [7, 11) is 1.97. The van der Waals surface area contributed by atoms with E-state index in [-0.39, 0.29) is 5.92 Å². The zero-order valence-corrected chi connectivity index (χ0v) is 13.7. The van der Waals surface area contributed by atoms with E-state index in [4.69, 9.17) is 12.2 Å². The van der Waals surface area contributed by atoms with Gasteiger partial charge in [0.2, 0.25) is 5.91 Å². The van der Waals surface area contributed by atoms with Crippen molar-refractivity contribution in [3.8, 4) is 0 Å². The highest BCUT2D eigenvalue weighted by Crippen LogP contribution is 2.40. The van der Waals surface area contributed by atoms with Gasteiger partial charge in [-0.2, -0.15) is 0 Å². The predicted molar refractivity (Wildman–Crippen MR) is 85.4 cm³/mol. The molecular formula is C14H24N2OS2. The van der Waals surface area contributed by atoms with Crippen LogP contribution in [-0.4, -0.2) is 51.5 Å². The summed E-state index contributed by atoms with van der Waals surface area (Å²) in [6.45, 7) is 6.17. The number of nitrogens with zero attached hydrogens (tertiary/aromatic N) is 2. The van der Waals surface area contributed by atoms with E-state index in [9.17, 15) is 4.79 Å². The summed E-state index contributed by atoms with van der Waals surface area (Å²) in [6, 6.07) is 0.469. The Balaban J connectivity index is 2.04. The Labute approximate surface area is 126 Å². The normalized spacial score (nSPS) is 30.4. The molecular weight excluding hydrogens is 276 g/mol. The second-order valence-electron chi connectivity index (χ2n) is 5.46. The van der Waals surface area contributed by atoms with E-state index in [0.29, 0.717) is 17.2 Å². The lowest BCUT2D eigenvalue weighted by Crippen LogP contribution is -2.45. The van der Waals surface area contributed by atoms with Crippen molar-refractivity contribution < 1.29 is 4.79 Å². The molecule has 1 aliphatic carbocycles. The zero-order valence-electron chi connectivity index (χ0n) is 12.1. The summed E-state index contributed by atoms with van der Waals surface area (Å²) in [5.74, 6) is 0.524. The largest absolute Gasteiger partial charge is 0.358 e. The summed E-state index contributed by atoms with van der Waals surface area (Å²) >= 11 is 7.31. The standard InChI is InChI=1S/C14H24N2OS2/c1-4-16(5-2)14(18)19-12-9-7-10-6-8-11(12)13(17)15(10)3/h10-12H,4-9H2,1-3H3/t10-,11+,12+/m1/s1. The van der Waals surface area contributed by atoms with E-state index in [1.807, 2.05) is 11.9 Å². The van der Waals surface area contributed by atoms with Crippen LogP contribution >= 0.6 is 24.0 Å². The van der Waals surface area contributed by atoms with Crippen LogP contribution in [-0.2, 0) is 4.79 Å². The van der Waals surface area contributed by atoms with E-state index in [1.54, 1.807) is 11.8 Å². The molecule has 3 fully saturated rings. The lowest BCUT2D eigenvalue weighted by Gasteiger charge is -2.35. The fraction of sp³-hybridized carbons (Fsp3) is 0.857. The summed E-state index contributed by atoms with van der Waals surface area (Å²) in [5, 5.41) is 0.385. The Kier molecular flexibility index (Phi) is 5.12. The SMILES string of the molecule is CCN(CC)C(=S)S[C@H]1CC[C@H]2CC[C@@H]1C(=O)N2C. The number of carbonyl (C=O) groups is 1. The molecule has 19 heavy (non-hydrogen) atoms. The Morgan fingerprint density at radius 3 is 2.58 bits per heavy atom. The van der Waals surface area contributed by atoms with Crippen molar-refractivity contribution in [3.63, 3.8) is 0 Å². The van der Waals surface area contributed by atoms with Crippen LogP contribution in [0.3, 0.4) is 0 Å². The van der Waals surface area contributed by atoms with Crippen molar-refractivity contribution in [1.29, 1.82) is 0 Å². The average molecular weight is 300 g/mol. The van der Waals surface area contributed by atoms with Gasteiger partial charge in [-0.25, -0.2) is 0 Å². The van der Waals surface area contributed by atoms with Crippen LogP contribution in [0.4, 0.5) is 0 Å². The number of rotatable bonds is 3. The molecule has 0 unspecified atom stereocenters. The van der Waals surface area contributed by atoms with Gasteiger partial charge in [0, 0.05) is 31.4 Å². The molecule has 3 nitrogen and oxygen atoms in total. The second kappa shape index (κ2) is 6.44. The van der Waals surface area contributed by atoms with Crippen molar-refractivity contribution >= 4 is 34.2 Å². The molecule has 0 aromatic rings. The van der Waals surface area contributed by atoms with E-state index in [0.717, 1.165) is 36.7 Å². The third-order valence-corrected chi connectivity index (χ3v) is 6.40. The zero-order chi connectivity index (χ0) is 14.0. The molecule has 1 amide bonds. The number of hydrogen-bond donors (Lipinski definition) is 0. The first-order valence-electron chi connectivity index (χ1n) is 7.30. The molecule has 0 radical (unpaired) electrons. The minimum atomic E-state index is 0.183. The number of carbonyl (C=O) groups excluding carboxylic acids is 1. The summed E-state index contributed by atoms with van der Waals surface area (Å²) in [6.07, 6.45) is 4.48. The maximum absolute atomic E-state index is 12.4. The number of amides is 1. The molecule has 0 aromatic heterocycles. The van der Waals surface area contributed by atoms with Gasteiger partial charge >= 0.3 is 0 Å². The van der Waals surface area contributed by atoms with Crippen molar-refractivity contribution in [2.75, 3.05) is 20.1 Å². The van der Waals surface area contributed by atoms with Crippen LogP contribution in [0.25, 0.3) is 0 Å². The summed E-state index contributed by atoms with van der Waals surface area (Å²) < 4.78 is 0.968. The van der Waals surface area contributed by atoms with Crippen LogP contribution in [0.2, 0.25) is 0 Å². The van der Waals surface area contributed by atoms with E-state index in [1.165, 1.54) is 6.42 Å². The minimum absolute atomic E-state index is 0.183. The molecule has 2 saturated heterocycles. The number of hydrogen-bond acceptors (Lipinski definition) is 3. The van der Waals surface area contributed by atoms with Crippen LogP contribution in [0.5, 0.6) is 0 Å². The van der Waals surface area contributed by atoms with Gasteiger partial charge in [0.25, 0.3) is 0 Å². The highest BCUT2D eigenvalue weighted by atomic mass is 32.2. The molecule has 3 atom stereocenters. The van der Waals surface area contributed by atoms with Crippen molar-refractivity contribution in [1.82, 2.24) is 9.80 Å². The first-order chi connectivity index (χ1) is 9.08. The van der Waals surface area contributed by atoms with Crippen LogP contribution in [0, 0.1) is 5.92 Å². The third-order valence-electron chi connectivity index (χ3n) is 4.53. The molecule has 1 saturated carbocycles. The number of fused-ring (bicyclic) bond motifs is 4. The fourth-order valence-electron chi connectivity index (χ4n) is 3.20. The molecule has 0 spiro atoms. The van der Waals surface area contributed by atoms with Gasteiger partial charge in [-0.3, -0.25) is 4.79 Å². The maximum Gasteiger partial charge on any atom is 0.226 e. The monoisotopic (exact) mass is 300 g/mol. The van der Waals surface area contributed by atoms with E-state index >= 15 is 0 Å². The third kappa shape index (κ3) is 3.07. The average Bonchev–Trinajstić information content (AvgIpc) is 2.65. The predicted octanol–water partition coefficient (Wildman–Crippen LogP) is 2.75. The lowest BCUT2D eigenvalue weighted by molar-refractivity contribution is -0.138. The Morgan fingerprint density at radius 1 is 1.32 bits per heavy atom. The van der Waals surface area contributed by atoms with Crippen LogP contribution in [0.1, 0.15) is 39.5 Å². The summed E-state index contributed by atoms with van der Waals surface area (Å²) in [4.78, 5) is 16.6. The molecule has 0 N–H and O–H groups in total. The first-order valence-corrected chi connectivity index (χ1v) is 8.59. The number of thioether (sulfide) groups is 1. The quantitative estimate of drug-likeness (QED) is 0.748. The van der Waals surface area contributed by atoms with Crippen LogP contribution in [0.15, 0.2) is 0 Å². The fourth-order valence-corrected chi connectivity index (χ4v) is 5.16. The maximum atomic E-state index is 12.4. The molecule has 2 bridgehead atoms. The van der Waals surface area contributed by atoms with Gasteiger partial charge in [-0.1, -0.05) is 24.0 Å². The molecule has 2 heterocycles. The Morgan fingerprint density at radius 2 is 1.95 bits per heavy atom. The molecule has 5 heteroatoms. The molecule has 2 aliphatic heterocycles. The first kappa shape index (κ1) is 15.1. The lowest BCUT2D eigenvalue weighted by atomic mass is 9.94. The number of thiocarbonyl (C=S) groups is 1. The molecule has 108 valence electrons. The van der Waals surface area contributed by atoms with Gasteiger partial charge in [0.1, 0.15) is 4.32 Å². The Hall–Kier alpha value is -0.290. The molecule has 0 aromatic carbocycles. The minimum Gasteiger partial charge on any atom is -0.358 e. The van der Waals surface area contributed by atoms with Gasteiger partial charge < -0.3 is 9.80 Å². The van der Waals surface area contributed by atoms with Gasteiger partial charge in [0.05, 0.1) is 5.92 Å². The smallest absolute Gasteiger partial charge is 0.226 e. The van der Waals surface area contributed by atoms with Crippen molar-refractivity contribution in [2.24, 2.45) is 5.92 Å². The highest BCUT2D eigenvalue weighted by Gasteiger charge is 2.42. The number of piperidine rings is 1. The highest BCUT2D eigenvalue weighted by molar-refractivity contribution is 8.23. The van der Waals surface area contributed by atoms with E-state index < -0.39 is 0 Å². The van der Waals surface area contributed by atoms with Crippen LogP contribution < -0.4 is 0 Å². The van der Waals surface area contributed by atoms with Gasteiger partial charge in [0.15, 0.2) is 0 Å². The molecule has 3 aliphatic rings. The van der Waals surface area contributed by atoms with E-state index in [2.05, 4.69) is 18.7 Å². The van der Waals surface area contributed by atoms with Crippen molar-refractivity contribution in [3.05, 3.63) is 0 Å². The summed E-state index contributed by atoms with van der Waals surface area (Å²) in [5.41, 5.74) is 0. The molecule has 3 rings (SSSR count).